The van der Waals surface area contributed by atoms with Crippen molar-refractivity contribution < 1.29 is 17.9 Å². The maximum absolute atomic E-state index is 13.0. The molecule has 0 atom stereocenters. The van der Waals surface area contributed by atoms with Crippen LogP contribution in [0.5, 0.6) is 5.75 Å². The summed E-state index contributed by atoms with van der Waals surface area (Å²) < 4.78 is 32.7. The van der Waals surface area contributed by atoms with Gasteiger partial charge in [-0.15, -0.1) is 11.8 Å². The Bertz CT molecular complexity index is 937. The topological polar surface area (TPSA) is 66.9 Å². The Kier molecular flexibility index (Phi) is 7.21. The summed E-state index contributed by atoms with van der Waals surface area (Å²) in [6.45, 7) is 5.78. The van der Waals surface area contributed by atoms with E-state index in [1.165, 1.54) is 4.31 Å². The zero-order valence-electron chi connectivity index (χ0n) is 16.7. The van der Waals surface area contributed by atoms with Gasteiger partial charge in [-0.1, -0.05) is 19.1 Å². The van der Waals surface area contributed by atoms with Gasteiger partial charge in [-0.3, -0.25) is 4.79 Å². The number of sulfonamides is 1. The van der Waals surface area contributed by atoms with Gasteiger partial charge in [0.15, 0.2) is 0 Å². The number of benzene rings is 2. The maximum atomic E-state index is 13.0. The first-order chi connectivity index (χ1) is 14.0. The average Bonchev–Trinajstić information content (AvgIpc) is 2.75. The monoisotopic (exact) mass is 434 g/mol. The lowest BCUT2D eigenvalue weighted by Gasteiger charge is -2.34. The summed E-state index contributed by atoms with van der Waals surface area (Å²) in [7, 11) is -3.59. The van der Waals surface area contributed by atoms with Crippen LogP contribution in [0.4, 0.5) is 0 Å². The van der Waals surface area contributed by atoms with Gasteiger partial charge in [-0.25, -0.2) is 8.42 Å². The highest BCUT2D eigenvalue weighted by Gasteiger charge is 2.31. The molecule has 29 heavy (non-hydrogen) atoms. The quantitative estimate of drug-likeness (QED) is 0.625. The predicted octanol–water partition coefficient (Wildman–Crippen LogP) is 3.34. The molecule has 0 aliphatic carbocycles. The van der Waals surface area contributed by atoms with Gasteiger partial charge in [-0.05, 0) is 49.1 Å². The SMILES string of the molecule is CCOc1ccc(S(=O)(=O)N2CCN(C(=O)c3ccccc3SCC)CC2)cc1. The number of piperazine rings is 1. The number of nitrogens with zero attached hydrogens (tertiary/aromatic N) is 2. The first-order valence-electron chi connectivity index (χ1n) is 9.71. The molecule has 0 unspecified atom stereocenters. The van der Waals surface area contributed by atoms with Crippen LogP contribution in [-0.4, -0.2) is 62.1 Å². The van der Waals surface area contributed by atoms with E-state index in [4.69, 9.17) is 4.74 Å². The lowest BCUT2D eigenvalue weighted by Crippen LogP contribution is -2.50. The van der Waals surface area contributed by atoms with E-state index in [9.17, 15) is 13.2 Å². The van der Waals surface area contributed by atoms with Crippen LogP contribution in [0.3, 0.4) is 0 Å². The van der Waals surface area contributed by atoms with E-state index in [0.29, 0.717) is 31.0 Å². The summed E-state index contributed by atoms with van der Waals surface area (Å²) in [5, 5.41) is 0. The molecule has 8 heteroatoms. The fraction of sp³-hybridized carbons (Fsp3) is 0.381. The molecule has 0 saturated carbocycles. The van der Waals surface area contributed by atoms with Crippen molar-refractivity contribution in [3.63, 3.8) is 0 Å². The first-order valence-corrected chi connectivity index (χ1v) is 12.1. The number of ether oxygens (including phenoxy) is 1. The molecule has 3 rings (SSSR count). The molecule has 1 saturated heterocycles. The number of thioether (sulfide) groups is 1. The van der Waals surface area contributed by atoms with Crippen molar-refractivity contribution >= 4 is 27.7 Å². The highest BCUT2D eigenvalue weighted by atomic mass is 32.2. The second-order valence-electron chi connectivity index (χ2n) is 6.53. The van der Waals surface area contributed by atoms with Crippen LogP contribution in [0.2, 0.25) is 0 Å². The number of hydrogen-bond donors (Lipinski definition) is 0. The van der Waals surface area contributed by atoms with Crippen molar-refractivity contribution in [2.24, 2.45) is 0 Å². The molecule has 1 fully saturated rings. The highest BCUT2D eigenvalue weighted by molar-refractivity contribution is 7.99. The third kappa shape index (κ3) is 4.94. The Labute approximate surface area is 176 Å². The predicted molar refractivity (Wildman–Crippen MR) is 115 cm³/mol. The van der Waals surface area contributed by atoms with Gasteiger partial charge in [0.2, 0.25) is 10.0 Å². The molecular formula is C21H26N2O4S2. The van der Waals surface area contributed by atoms with Crippen LogP contribution in [0.1, 0.15) is 24.2 Å². The molecule has 0 spiro atoms. The fourth-order valence-electron chi connectivity index (χ4n) is 3.25. The van der Waals surface area contributed by atoms with Gasteiger partial charge in [-0.2, -0.15) is 4.31 Å². The average molecular weight is 435 g/mol. The molecule has 1 amide bonds. The summed E-state index contributed by atoms with van der Waals surface area (Å²) in [6.07, 6.45) is 0. The minimum atomic E-state index is -3.59. The fourth-order valence-corrected chi connectivity index (χ4v) is 5.47. The van der Waals surface area contributed by atoms with E-state index in [2.05, 4.69) is 6.92 Å². The van der Waals surface area contributed by atoms with E-state index < -0.39 is 10.0 Å². The smallest absolute Gasteiger partial charge is 0.255 e. The van der Waals surface area contributed by atoms with Crippen LogP contribution in [0.15, 0.2) is 58.3 Å². The van der Waals surface area contributed by atoms with E-state index >= 15 is 0 Å². The number of carbonyl (C=O) groups is 1. The highest BCUT2D eigenvalue weighted by Crippen LogP contribution is 2.25. The van der Waals surface area contributed by atoms with Gasteiger partial charge in [0.25, 0.3) is 5.91 Å². The molecule has 1 aliphatic heterocycles. The number of hydrogen-bond acceptors (Lipinski definition) is 5. The summed E-state index contributed by atoms with van der Waals surface area (Å²) in [5.74, 6) is 1.49. The Morgan fingerprint density at radius 2 is 1.66 bits per heavy atom. The molecule has 2 aromatic rings. The van der Waals surface area contributed by atoms with Crippen molar-refractivity contribution in [2.75, 3.05) is 38.5 Å². The molecule has 0 radical (unpaired) electrons. The Morgan fingerprint density at radius 1 is 1.00 bits per heavy atom. The molecule has 2 aromatic carbocycles. The van der Waals surface area contributed by atoms with Crippen molar-refractivity contribution in [2.45, 2.75) is 23.6 Å². The van der Waals surface area contributed by atoms with Crippen molar-refractivity contribution in [1.82, 2.24) is 9.21 Å². The molecule has 0 bridgehead atoms. The maximum Gasteiger partial charge on any atom is 0.255 e. The standard InChI is InChI=1S/C21H26N2O4S2/c1-3-27-17-9-11-18(12-10-17)29(25,26)23-15-13-22(14-16-23)21(24)19-7-5-6-8-20(19)28-4-2/h5-12H,3-4,13-16H2,1-2H3. The summed E-state index contributed by atoms with van der Waals surface area (Å²) in [4.78, 5) is 15.9. The molecule has 0 aromatic heterocycles. The molecule has 0 N–H and O–H groups in total. The lowest BCUT2D eigenvalue weighted by molar-refractivity contribution is 0.0694. The first kappa shape index (κ1) is 21.7. The van der Waals surface area contributed by atoms with Gasteiger partial charge in [0, 0.05) is 31.1 Å². The third-order valence-corrected chi connectivity index (χ3v) is 7.58. The third-order valence-electron chi connectivity index (χ3n) is 4.72. The summed E-state index contributed by atoms with van der Waals surface area (Å²) >= 11 is 1.64. The second-order valence-corrected chi connectivity index (χ2v) is 9.77. The Balaban J connectivity index is 1.67. The van der Waals surface area contributed by atoms with E-state index in [0.717, 1.165) is 10.6 Å². The zero-order chi connectivity index (χ0) is 20.9. The van der Waals surface area contributed by atoms with Crippen LogP contribution in [0.25, 0.3) is 0 Å². The normalized spacial score (nSPS) is 15.3. The molecule has 6 nitrogen and oxygen atoms in total. The number of carbonyl (C=O) groups excluding carboxylic acids is 1. The van der Waals surface area contributed by atoms with Gasteiger partial charge in [0.1, 0.15) is 5.75 Å². The largest absolute Gasteiger partial charge is 0.494 e. The van der Waals surface area contributed by atoms with Crippen molar-refractivity contribution in [3.8, 4) is 5.75 Å². The van der Waals surface area contributed by atoms with Gasteiger partial charge in [0.05, 0.1) is 17.1 Å². The van der Waals surface area contributed by atoms with Crippen LogP contribution in [0, 0.1) is 0 Å². The molecule has 156 valence electrons. The van der Waals surface area contributed by atoms with E-state index in [1.807, 2.05) is 31.2 Å². The molecule has 1 aliphatic rings. The molecular weight excluding hydrogens is 408 g/mol. The Hall–Kier alpha value is -2.03. The molecule has 1 heterocycles. The Morgan fingerprint density at radius 3 is 2.28 bits per heavy atom. The van der Waals surface area contributed by atoms with E-state index in [1.54, 1.807) is 40.9 Å². The van der Waals surface area contributed by atoms with Crippen LogP contribution < -0.4 is 4.74 Å². The number of rotatable bonds is 7. The van der Waals surface area contributed by atoms with Crippen LogP contribution >= 0.6 is 11.8 Å². The summed E-state index contributed by atoms with van der Waals surface area (Å²) in [5.41, 5.74) is 0.683. The lowest BCUT2D eigenvalue weighted by atomic mass is 10.2. The van der Waals surface area contributed by atoms with E-state index in [-0.39, 0.29) is 23.9 Å². The minimum absolute atomic E-state index is 0.0420. The number of amides is 1. The minimum Gasteiger partial charge on any atom is -0.494 e. The van der Waals surface area contributed by atoms with Crippen LogP contribution in [-0.2, 0) is 10.0 Å². The van der Waals surface area contributed by atoms with Crippen molar-refractivity contribution in [1.29, 1.82) is 0 Å². The second kappa shape index (κ2) is 9.65. The zero-order valence-corrected chi connectivity index (χ0v) is 18.3. The summed E-state index contributed by atoms with van der Waals surface area (Å²) in [6, 6.07) is 14.0. The van der Waals surface area contributed by atoms with Gasteiger partial charge >= 0.3 is 0 Å². The van der Waals surface area contributed by atoms with Crippen molar-refractivity contribution in [3.05, 3.63) is 54.1 Å². The van der Waals surface area contributed by atoms with Gasteiger partial charge < -0.3 is 9.64 Å².